The van der Waals surface area contributed by atoms with Crippen LogP contribution >= 0.6 is 0 Å². The lowest BCUT2D eigenvalue weighted by Crippen LogP contribution is -2.48. The van der Waals surface area contributed by atoms with Crippen LogP contribution in [0.1, 0.15) is 45.4 Å². The molecule has 1 aromatic rings. The van der Waals surface area contributed by atoms with E-state index in [0.717, 1.165) is 57.5 Å². The van der Waals surface area contributed by atoms with Crippen molar-refractivity contribution in [2.45, 2.75) is 52.0 Å². The summed E-state index contributed by atoms with van der Waals surface area (Å²) in [6, 6.07) is 0. The molecule has 0 radical (unpaired) electrons. The Balaban J connectivity index is 1.68. The van der Waals surface area contributed by atoms with E-state index in [1.807, 2.05) is 12.5 Å². The van der Waals surface area contributed by atoms with Crippen LogP contribution in [-0.2, 0) is 11.3 Å². The van der Waals surface area contributed by atoms with Crippen LogP contribution in [0.5, 0.6) is 0 Å². The molecular weight excluding hydrogens is 264 g/mol. The van der Waals surface area contributed by atoms with E-state index in [9.17, 15) is 4.79 Å². The second kappa shape index (κ2) is 7.59. The molecule has 5 nitrogen and oxygen atoms in total. The average molecular weight is 292 g/mol. The summed E-state index contributed by atoms with van der Waals surface area (Å²) in [5.74, 6) is 0.896. The molecule has 5 heteroatoms. The molecule has 0 atom stereocenters. The maximum Gasteiger partial charge on any atom is 0.227 e. The Kier molecular flexibility index (Phi) is 5.79. The van der Waals surface area contributed by atoms with Crippen LogP contribution in [0, 0.1) is 11.3 Å². The first-order valence-corrected chi connectivity index (χ1v) is 8.10. The molecule has 0 aliphatic heterocycles. The van der Waals surface area contributed by atoms with E-state index in [2.05, 4.69) is 21.8 Å². The summed E-state index contributed by atoms with van der Waals surface area (Å²) in [5.41, 5.74) is 5.60. The number of carbonyl (C=O) groups is 1. The SMILES string of the molecule is CC1CCC(CN)(C(=O)NCCCCn2ccnc2)CC1. The lowest BCUT2D eigenvalue weighted by molar-refractivity contribution is -0.132. The van der Waals surface area contributed by atoms with E-state index in [1.54, 1.807) is 6.20 Å². The van der Waals surface area contributed by atoms with E-state index < -0.39 is 0 Å². The second-order valence-electron chi connectivity index (χ2n) is 6.43. The Morgan fingerprint density at radius 1 is 1.43 bits per heavy atom. The van der Waals surface area contributed by atoms with Crippen molar-refractivity contribution in [1.82, 2.24) is 14.9 Å². The second-order valence-corrected chi connectivity index (χ2v) is 6.43. The fourth-order valence-electron chi connectivity index (χ4n) is 3.07. The van der Waals surface area contributed by atoms with Crippen molar-refractivity contribution in [2.75, 3.05) is 13.1 Å². The van der Waals surface area contributed by atoms with Gasteiger partial charge < -0.3 is 15.6 Å². The Hall–Kier alpha value is -1.36. The highest BCUT2D eigenvalue weighted by atomic mass is 16.2. The van der Waals surface area contributed by atoms with Crippen LogP contribution in [0.3, 0.4) is 0 Å². The molecule has 21 heavy (non-hydrogen) atoms. The van der Waals surface area contributed by atoms with Crippen LogP contribution in [-0.4, -0.2) is 28.5 Å². The van der Waals surface area contributed by atoms with Gasteiger partial charge in [-0.05, 0) is 44.4 Å². The van der Waals surface area contributed by atoms with Gasteiger partial charge in [-0.15, -0.1) is 0 Å². The fraction of sp³-hybridized carbons (Fsp3) is 0.750. The third kappa shape index (κ3) is 4.30. The molecule has 3 N–H and O–H groups in total. The summed E-state index contributed by atoms with van der Waals surface area (Å²) in [7, 11) is 0. The first kappa shape index (κ1) is 16.0. The van der Waals surface area contributed by atoms with E-state index in [-0.39, 0.29) is 11.3 Å². The molecule has 1 fully saturated rings. The summed E-state index contributed by atoms with van der Waals surface area (Å²) >= 11 is 0. The highest BCUT2D eigenvalue weighted by Gasteiger charge is 2.39. The number of imidazole rings is 1. The number of nitrogens with zero attached hydrogens (tertiary/aromatic N) is 2. The lowest BCUT2D eigenvalue weighted by Gasteiger charge is -2.37. The van der Waals surface area contributed by atoms with Crippen LogP contribution in [0.15, 0.2) is 18.7 Å². The summed E-state index contributed by atoms with van der Waals surface area (Å²) in [5, 5.41) is 3.10. The molecule has 118 valence electrons. The van der Waals surface area contributed by atoms with Crippen LogP contribution in [0.2, 0.25) is 0 Å². The predicted molar refractivity (Wildman–Crippen MR) is 83.6 cm³/mol. The van der Waals surface area contributed by atoms with Gasteiger partial charge in [0.1, 0.15) is 0 Å². The van der Waals surface area contributed by atoms with Gasteiger partial charge in [0.15, 0.2) is 0 Å². The van der Waals surface area contributed by atoms with Gasteiger partial charge in [-0.2, -0.15) is 0 Å². The first-order chi connectivity index (χ1) is 10.2. The van der Waals surface area contributed by atoms with Crippen molar-refractivity contribution in [3.05, 3.63) is 18.7 Å². The van der Waals surface area contributed by atoms with Crippen molar-refractivity contribution in [2.24, 2.45) is 17.1 Å². The summed E-state index contributed by atoms with van der Waals surface area (Å²) in [6.45, 7) is 4.43. The maximum absolute atomic E-state index is 12.4. The molecule has 0 saturated heterocycles. The molecule has 0 unspecified atom stereocenters. The highest BCUT2D eigenvalue weighted by Crippen LogP contribution is 2.38. The highest BCUT2D eigenvalue weighted by molar-refractivity contribution is 5.83. The molecule has 0 aromatic carbocycles. The minimum absolute atomic E-state index is 0.166. The molecule has 2 rings (SSSR count). The summed E-state index contributed by atoms with van der Waals surface area (Å²) in [6.07, 6.45) is 11.7. The third-order valence-electron chi connectivity index (χ3n) is 4.79. The van der Waals surface area contributed by atoms with Crippen LogP contribution in [0.25, 0.3) is 0 Å². The van der Waals surface area contributed by atoms with Crippen molar-refractivity contribution < 1.29 is 4.79 Å². The summed E-state index contributed by atoms with van der Waals surface area (Å²) in [4.78, 5) is 16.5. The Morgan fingerprint density at radius 3 is 2.81 bits per heavy atom. The Morgan fingerprint density at radius 2 is 2.19 bits per heavy atom. The topological polar surface area (TPSA) is 72.9 Å². The quantitative estimate of drug-likeness (QED) is 0.754. The van der Waals surface area contributed by atoms with Crippen molar-refractivity contribution in [1.29, 1.82) is 0 Å². The third-order valence-corrected chi connectivity index (χ3v) is 4.79. The number of hydrogen-bond acceptors (Lipinski definition) is 3. The predicted octanol–water partition coefficient (Wildman–Crippen LogP) is 1.93. The number of rotatable bonds is 7. The zero-order valence-electron chi connectivity index (χ0n) is 13.1. The number of hydrogen-bond donors (Lipinski definition) is 2. The molecule has 1 aliphatic carbocycles. The minimum Gasteiger partial charge on any atom is -0.356 e. The minimum atomic E-state index is -0.309. The van der Waals surface area contributed by atoms with Gasteiger partial charge in [0, 0.05) is 32.0 Å². The number of unbranched alkanes of at least 4 members (excludes halogenated alkanes) is 1. The monoisotopic (exact) mass is 292 g/mol. The molecule has 0 spiro atoms. The van der Waals surface area contributed by atoms with Crippen molar-refractivity contribution >= 4 is 5.91 Å². The molecular formula is C16H28N4O. The number of aromatic nitrogens is 2. The van der Waals surface area contributed by atoms with Crippen LogP contribution in [0.4, 0.5) is 0 Å². The largest absolute Gasteiger partial charge is 0.356 e. The van der Waals surface area contributed by atoms with E-state index in [4.69, 9.17) is 5.73 Å². The van der Waals surface area contributed by atoms with E-state index in [1.165, 1.54) is 0 Å². The standard InChI is InChI=1S/C16H28N4O/c1-14-4-6-16(12-17,7-5-14)15(21)19-8-2-3-10-20-11-9-18-13-20/h9,11,13-14H,2-8,10,12,17H2,1H3,(H,19,21). The number of aryl methyl sites for hydroxylation is 1. The summed E-state index contributed by atoms with van der Waals surface area (Å²) < 4.78 is 2.06. The van der Waals surface area contributed by atoms with Crippen molar-refractivity contribution in [3.8, 4) is 0 Å². The van der Waals surface area contributed by atoms with Crippen LogP contribution < -0.4 is 11.1 Å². The molecule has 1 aliphatic rings. The van der Waals surface area contributed by atoms with Crippen molar-refractivity contribution in [3.63, 3.8) is 0 Å². The molecule has 1 amide bonds. The number of amides is 1. The average Bonchev–Trinajstić information content (AvgIpc) is 3.01. The Labute approximate surface area is 127 Å². The lowest BCUT2D eigenvalue weighted by atomic mass is 9.70. The normalized spacial score (nSPS) is 25.7. The first-order valence-electron chi connectivity index (χ1n) is 8.10. The number of nitrogens with two attached hydrogens (primary N) is 1. The van der Waals surface area contributed by atoms with E-state index >= 15 is 0 Å². The van der Waals surface area contributed by atoms with Gasteiger partial charge >= 0.3 is 0 Å². The van der Waals surface area contributed by atoms with E-state index in [0.29, 0.717) is 6.54 Å². The molecule has 1 saturated carbocycles. The molecule has 1 heterocycles. The molecule has 1 aromatic heterocycles. The van der Waals surface area contributed by atoms with Gasteiger partial charge in [0.05, 0.1) is 11.7 Å². The van der Waals surface area contributed by atoms with Gasteiger partial charge in [-0.25, -0.2) is 4.98 Å². The number of carbonyl (C=O) groups excluding carboxylic acids is 1. The van der Waals surface area contributed by atoms with Gasteiger partial charge in [0.25, 0.3) is 0 Å². The fourth-order valence-corrected chi connectivity index (χ4v) is 3.07. The van der Waals surface area contributed by atoms with Gasteiger partial charge in [0.2, 0.25) is 5.91 Å². The maximum atomic E-state index is 12.4. The smallest absolute Gasteiger partial charge is 0.227 e. The molecule has 0 bridgehead atoms. The van der Waals surface area contributed by atoms with Gasteiger partial charge in [-0.1, -0.05) is 6.92 Å². The Bertz CT molecular complexity index is 421. The van der Waals surface area contributed by atoms with Gasteiger partial charge in [-0.3, -0.25) is 4.79 Å². The number of nitrogens with one attached hydrogen (secondary N) is 1. The zero-order chi connectivity index (χ0) is 15.1. The zero-order valence-corrected chi connectivity index (χ0v) is 13.1.